The first kappa shape index (κ1) is 16.2. The third-order valence-corrected chi connectivity index (χ3v) is 4.28. The number of benzene rings is 2. The van der Waals surface area contributed by atoms with Gasteiger partial charge in [-0.3, -0.25) is 0 Å². The summed E-state index contributed by atoms with van der Waals surface area (Å²) in [5.41, 5.74) is 7.71. The molecule has 6 nitrogen and oxygen atoms in total. The van der Waals surface area contributed by atoms with Gasteiger partial charge in [0.1, 0.15) is 5.52 Å². The molecule has 0 aliphatic heterocycles. The van der Waals surface area contributed by atoms with Gasteiger partial charge < -0.3 is 4.98 Å². The number of hydrogen-bond donors (Lipinski definition) is 2. The highest BCUT2D eigenvalue weighted by atomic mass is 15.4. The molecule has 4 aromatic rings. The summed E-state index contributed by atoms with van der Waals surface area (Å²) in [7, 11) is 0. The maximum atomic E-state index is 4.44. The average molecular weight is 344 g/mol. The summed E-state index contributed by atoms with van der Waals surface area (Å²) in [6.45, 7) is 6.59. The lowest BCUT2D eigenvalue weighted by molar-refractivity contribution is 0.590. The van der Waals surface area contributed by atoms with Gasteiger partial charge in [0.25, 0.3) is 5.95 Å². The van der Waals surface area contributed by atoms with Crippen LogP contribution in [0.5, 0.6) is 0 Å². The van der Waals surface area contributed by atoms with Crippen LogP contribution in [0.4, 0.5) is 5.95 Å². The van der Waals surface area contributed by atoms with E-state index in [1.165, 1.54) is 5.56 Å². The summed E-state index contributed by atoms with van der Waals surface area (Å²) >= 11 is 0. The molecule has 0 unspecified atom stereocenters. The van der Waals surface area contributed by atoms with Crippen molar-refractivity contribution < 1.29 is 0 Å². The van der Waals surface area contributed by atoms with Crippen molar-refractivity contribution in [2.24, 2.45) is 5.10 Å². The van der Waals surface area contributed by atoms with Crippen molar-refractivity contribution in [1.82, 2.24) is 20.2 Å². The van der Waals surface area contributed by atoms with E-state index in [1.54, 1.807) is 6.21 Å². The number of nitrogens with zero attached hydrogens (tertiary/aromatic N) is 4. The average Bonchev–Trinajstić information content (AvgIpc) is 2.99. The monoisotopic (exact) mass is 344 g/mol. The number of para-hydroxylation sites is 1. The van der Waals surface area contributed by atoms with Gasteiger partial charge in [-0.05, 0) is 22.6 Å². The van der Waals surface area contributed by atoms with Gasteiger partial charge >= 0.3 is 0 Å². The predicted octanol–water partition coefficient (Wildman–Crippen LogP) is 4.25. The van der Waals surface area contributed by atoms with Gasteiger partial charge in [-0.25, -0.2) is 5.43 Å². The molecule has 0 fully saturated rings. The number of rotatable bonds is 3. The first-order chi connectivity index (χ1) is 12.5. The largest absolute Gasteiger partial charge is 0.338 e. The van der Waals surface area contributed by atoms with E-state index in [2.05, 4.69) is 63.6 Å². The molecule has 0 amide bonds. The molecule has 0 aliphatic rings. The van der Waals surface area contributed by atoms with Crippen LogP contribution in [0.1, 0.15) is 31.9 Å². The van der Waals surface area contributed by atoms with Crippen LogP contribution in [-0.2, 0) is 5.41 Å². The lowest BCUT2D eigenvalue weighted by Gasteiger charge is -2.18. The van der Waals surface area contributed by atoms with Crippen molar-refractivity contribution in [3.63, 3.8) is 0 Å². The fraction of sp³-hybridized carbons (Fsp3) is 0.200. The number of H-pyrrole nitrogens is 1. The van der Waals surface area contributed by atoms with Gasteiger partial charge in [-0.2, -0.15) is 10.1 Å². The second-order valence-corrected chi connectivity index (χ2v) is 7.25. The summed E-state index contributed by atoms with van der Waals surface area (Å²) in [6.07, 6.45) is 1.74. The van der Waals surface area contributed by atoms with Crippen LogP contribution in [-0.4, -0.2) is 26.4 Å². The first-order valence-electron chi connectivity index (χ1n) is 8.51. The molecule has 0 spiro atoms. The van der Waals surface area contributed by atoms with Crippen LogP contribution in [0, 0.1) is 0 Å². The Morgan fingerprint density at radius 1 is 1.00 bits per heavy atom. The van der Waals surface area contributed by atoms with E-state index in [4.69, 9.17) is 0 Å². The van der Waals surface area contributed by atoms with Crippen molar-refractivity contribution in [1.29, 1.82) is 0 Å². The Morgan fingerprint density at radius 2 is 1.77 bits per heavy atom. The van der Waals surface area contributed by atoms with E-state index < -0.39 is 0 Å². The summed E-state index contributed by atoms with van der Waals surface area (Å²) < 4.78 is 0. The molecule has 2 N–H and O–H groups in total. The van der Waals surface area contributed by atoms with Gasteiger partial charge in [0.15, 0.2) is 5.65 Å². The van der Waals surface area contributed by atoms with E-state index in [0.717, 1.165) is 22.0 Å². The van der Waals surface area contributed by atoms with Gasteiger partial charge in [-0.1, -0.05) is 63.2 Å². The van der Waals surface area contributed by atoms with Crippen LogP contribution >= 0.6 is 0 Å². The Morgan fingerprint density at radius 3 is 2.54 bits per heavy atom. The number of hydrazone groups is 1. The van der Waals surface area contributed by atoms with E-state index in [-0.39, 0.29) is 5.41 Å². The summed E-state index contributed by atoms with van der Waals surface area (Å²) in [5, 5.41) is 13.6. The number of anilines is 1. The van der Waals surface area contributed by atoms with E-state index in [9.17, 15) is 0 Å². The first-order valence-corrected chi connectivity index (χ1v) is 8.51. The molecule has 0 atom stereocenters. The van der Waals surface area contributed by atoms with E-state index >= 15 is 0 Å². The van der Waals surface area contributed by atoms with Crippen molar-refractivity contribution in [3.8, 4) is 0 Å². The van der Waals surface area contributed by atoms with E-state index in [1.807, 2.05) is 36.4 Å². The lowest BCUT2D eigenvalue weighted by atomic mass is 9.87. The van der Waals surface area contributed by atoms with E-state index in [0.29, 0.717) is 11.6 Å². The Labute approximate surface area is 151 Å². The SMILES string of the molecule is CC(C)(C)c1ccc(C=NNc2nnc3c(n2)[nH]c2ccccc23)cc1. The zero-order chi connectivity index (χ0) is 18.1. The predicted molar refractivity (Wildman–Crippen MR) is 106 cm³/mol. The normalized spacial score (nSPS) is 12.3. The van der Waals surface area contributed by atoms with Crippen LogP contribution in [0.15, 0.2) is 53.6 Å². The molecule has 2 aromatic carbocycles. The highest BCUT2D eigenvalue weighted by molar-refractivity contribution is 6.03. The molecule has 0 aliphatic carbocycles. The molecule has 2 aromatic heterocycles. The van der Waals surface area contributed by atoms with Gasteiger partial charge in [-0.15, -0.1) is 10.2 Å². The summed E-state index contributed by atoms with van der Waals surface area (Å²) in [4.78, 5) is 7.68. The Hall–Kier alpha value is -3.28. The lowest BCUT2D eigenvalue weighted by Crippen LogP contribution is -2.10. The van der Waals surface area contributed by atoms with Gasteiger partial charge in [0.2, 0.25) is 0 Å². The molecule has 130 valence electrons. The van der Waals surface area contributed by atoms with Crippen molar-refractivity contribution in [2.75, 3.05) is 5.43 Å². The topological polar surface area (TPSA) is 78.8 Å². The molecular formula is C20H20N6. The minimum Gasteiger partial charge on any atom is -0.338 e. The standard InChI is InChI=1S/C20H20N6/c1-20(2,3)14-10-8-13(9-11-14)12-21-25-19-23-18-17(24-26-19)15-6-4-5-7-16(15)22-18/h4-12H,1-3H3,(H2,22,23,25,26). The Bertz CT molecular complexity index is 1090. The highest BCUT2D eigenvalue weighted by Gasteiger charge is 2.12. The molecule has 6 heteroatoms. The fourth-order valence-corrected chi connectivity index (χ4v) is 2.80. The number of aromatic amines is 1. The van der Waals surface area contributed by atoms with Crippen molar-refractivity contribution in [3.05, 3.63) is 59.7 Å². The number of fused-ring (bicyclic) bond motifs is 3. The van der Waals surface area contributed by atoms with Crippen LogP contribution in [0.3, 0.4) is 0 Å². The van der Waals surface area contributed by atoms with Crippen molar-refractivity contribution >= 4 is 34.2 Å². The number of aromatic nitrogens is 4. The Balaban J connectivity index is 1.52. The quantitative estimate of drug-likeness (QED) is 0.430. The van der Waals surface area contributed by atoms with Gasteiger partial charge in [0, 0.05) is 10.9 Å². The van der Waals surface area contributed by atoms with Crippen LogP contribution in [0.2, 0.25) is 0 Å². The number of hydrogen-bond acceptors (Lipinski definition) is 5. The Kier molecular flexibility index (Phi) is 3.88. The minimum absolute atomic E-state index is 0.141. The fourth-order valence-electron chi connectivity index (χ4n) is 2.80. The summed E-state index contributed by atoms with van der Waals surface area (Å²) in [5.74, 6) is 0.353. The second-order valence-electron chi connectivity index (χ2n) is 7.25. The molecule has 2 heterocycles. The smallest absolute Gasteiger partial charge is 0.265 e. The molecule has 4 rings (SSSR count). The molecular weight excluding hydrogens is 324 g/mol. The molecule has 26 heavy (non-hydrogen) atoms. The maximum Gasteiger partial charge on any atom is 0.265 e. The van der Waals surface area contributed by atoms with Gasteiger partial charge in [0.05, 0.1) is 6.21 Å². The number of nitrogens with one attached hydrogen (secondary N) is 2. The maximum absolute atomic E-state index is 4.44. The third kappa shape index (κ3) is 3.13. The van der Waals surface area contributed by atoms with Crippen LogP contribution in [0.25, 0.3) is 22.1 Å². The second kappa shape index (κ2) is 6.22. The zero-order valence-corrected chi connectivity index (χ0v) is 15.0. The van der Waals surface area contributed by atoms with Crippen LogP contribution < -0.4 is 5.43 Å². The van der Waals surface area contributed by atoms with Crippen molar-refractivity contribution in [2.45, 2.75) is 26.2 Å². The third-order valence-electron chi connectivity index (χ3n) is 4.28. The zero-order valence-electron chi connectivity index (χ0n) is 15.0. The highest BCUT2D eigenvalue weighted by Crippen LogP contribution is 2.22. The minimum atomic E-state index is 0.141. The molecule has 0 saturated heterocycles. The molecule has 0 radical (unpaired) electrons. The molecule has 0 saturated carbocycles. The summed E-state index contributed by atoms with van der Waals surface area (Å²) in [6, 6.07) is 16.3. The molecule has 0 bridgehead atoms.